The Morgan fingerprint density at radius 3 is 2.12 bits per heavy atom. The van der Waals surface area contributed by atoms with Gasteiger partial charge in [0.2, 0.25) is 23.6 Å². The summed E-state index contributed by atoms with van der Waals surface area (Å²) >= 11 is 1.63. The zero-order valence-electron chi connectivity index (χ0n) is 18.5. The molecule has 0 aliphatic rings. The summed E-state index contributed by atoms with van der Waals surface area (Å²) in [4.78, 5) is 59.8. The van der Waals surface area contributed by atoms with E-state index in [-0.39, 0.29) is 32.1 Å². The fourth-order valence-electron chi connectivity index (χ4n) is 3.18. The summed E-state index contributed by atoms with van der Waals surface area (Å²) < 4.78 is 0. The van der Waals surface area contributed by atoms with Gasteiger partial charge in [-0.25, -0.2) is 0 Å². The van der Waals surface area contributed by atoms with Gasteiger partial charge in [-0.05, 0) is 41.8 Å². The van der Waals surface area contributed by atoms with Crippen LogP contribution in [0.4, 0.5) is 0 Å². The Balaban J connectivity index is 1.95. The fourth-order valence-corrected chi connectivity index (χ4v) is 3.92. The molecule has 11 heteroatoms. The lowest BCUT2D eigenvalue weighted by molar-refractivity contribution is -0.138. The summed E-state index contributed by atoms with van der Waals surface area (Å²) in [6, 6.07) is 9.42. The van der Waals surface area contributed by atoms with Crippen molar-refractivity contribution < 1.29 is 29.1 Å². The Morgan fingerprint density at radius 2 is 1.56 bits per heavy atom. The predicted molar refractivity (Wildman–Crippen MR) is 126 cm³/mol. The normalized spacial score (nSPS) is 12.4. The van der Waals surface area contributed by atoms with Crippen molar-refractivity contribution in [2.45, 2.75) is 50.6 Å². The molecular formula is C23H28N4O6S. The quantitative estimate of drug-likeness (QED) is 0.264. The lowest BCUT2D eigenvalue weighted by Crippen LogP contribution is -2.53. The maximum absolute atomic E-state index is 12.6. The Kier molecular flexibility index (Phi) is 10.2. The second-order valence-electron chi connectivity index (χ2n) is 7.70. The molecule has 10 nitrogen and oxygen atoms in total. The number of amides is 4. The van der Waals surface area contributed by atoms with Crippen molar-refractivity contribution in [3.05, 3.63) is 47.3 Å². The average molecular weight is 489 g/mol. The highest BCUT2D eigenvalue weighted by molar-refractivity contribution is 7.13. The van der Waals surface area contributed by atoms with E-state index in [1.54, 1.807) is 11.3 Å². The number of hydrogen-bond donors (Lipinski definition) is 5. The van der Waals surface area contributed by atoms with Crippen LogP contribution in [0.15, 0.2) is 41.8 Å². The topological polar surface area (TPSA) is 182 Å². The molecule has 1 heterocycles. The lowest BCUT2D eigenvalue weighted by Gasteiger charge is -2.21. The third kappa shape index (κ3) is 9.02. The number of benzene rings is 1. The molecular weight excluding hydrogens is 460 g/mol. The molecule has 2 aromatic rings. The Labute approximate surface area is 200 Å². The molecule has 0 aliphatic heterocycles. The van der Waals surface area contributed by atoms with Gasteiger partial charge in [0.15, 0.2) is 0 Å². The molecule has 0 unspecified atom stereocenters. The van der Waals surface area contributed by atoms with Crippen LogP contribution in [0, 0.1) is 0 Å². The number of aliphatic carboxylic acids is 1. The molecule has 2 rings (SSSR count). The van der Waals surface area contributed by atoms with E-state index in [1.807, 2.05) is 41.8 Å². The molecule has 0 spiro atoms. The molecule has 0 saturated carbocycles. The highest BCUT2D eigenvalue weighted by Crippen LogP contribution is 2.24. The average Bonchev–Trinajstić information content (AvgIpc) is 3.32. The molecule has 2 atom stereocenters. The van der Waals surface area contributed by atoms with E-state index in [0.717, 1.165) is 16.0 Å². The molecule has 1 aromatic carbocycles. The van der Waals surface area contributed by atoms with E-state index in [1.165, 1.54) is 0 Å². The van der Waals surface area contributed by atoms with Gasteiger partial charge in [0.25, 0.3) is 0 Å². The maximum Gasteiger partial charge on any atom is 0.303 e. The van der Waals surface area contributed by atoms with Gasteiger partial charge in [-0.15, -0.1) is 11.3 Å². The van der Waals surface area contributed by atoms with Crippen LogP contribution in [-0.4, -0.2) is 46.8 Å². The molecule has 0 bridgehead atoms. The minimum atomic E-state index is -1.18. The van der Waals surface area contributed by atoms with Crippen LogP contribution in [0.5, 0.6) is 0 Å². The molecule has 7 N–H and O–H groups in total. The highest BCUT2D eigenvalue weighted by atomic mass is 32.1. The van der Waals surface area contributed by atoms with Crippen LogP contribution in [0.3, 0.4) is 0 Å². The van der Waals surface area contributed by atoms with Crippen molar-refractivity contribution in [3.63, 3.8) is 0 Å². The number of carboxylic acid groups (broad SMARTS) is 1. The van der Waals surface area contributed by atoms with Gasteiger partial charge in [-0.2, -0.15) is 0 Å². The van der Waals surface area contributed by atoms with E-state index < -0.39 is 41.7 Å². The third-order valence-corrected chi connectivity index (χ3v) is 5.96. The highest BCUT2D eigenvalue weighted by Gasteiger charge is 2.26. The van der Waals surface area contributed by atoms with E-state index in [9.17, 15) is 24.0 Å². The molecule has 34 heavy (non-hydrogen) atoms. The number of carbonyl (C=O) groups excluding carboxylic acids is 4. The zero-order chi connectivity index (χ0) is 25.1. The van der Waals surface area contributed by atoms with Gasteiger partial charge < -0.3 is 27.2 Å². The predicted octanol–water partition coefficient (Wildman–Crippen LogP) is 0.933. The summed E-state index contributed by atoms with van der Waals surface area (Å²) in [6.45, 7) is 0. The van der Waals surface area contributed by atoms with Gasteiger partial charge in [0.1, 0.15) is 12.1 Å². The Morgan fingerprint density at radius 1 is 0.882 bits per heavy atom. The second-order valence-corrected chi connectivity index (χ2v) is 8.64. The molecule has 0 fully saturated rings. The van der Waals surface area contributed by atoms with Gasteiger partial charge >= 0.3 is 5.97 Å². The van der Waals surface area contributed by atoms with Gasteiger partial charge in [0, 0.05) is 24.1 Å². The van der Waals surface area contributed by atoms with Crippen LogP contribution in [0.2, 0.25) is 0 Å². The van der Waals surface area contributed by atoms with E-state index in [4.69, 9.17) is 16.6 Å². The number of thiophene rings is 1. The van der Waals surface area contributed by atoms with Crippen LogP contribution >= 0.6 is 11.3 Å². The molecule has 0 aliphatic carbocycles. The smallest absolute Gasteiger partial charge is 0.303 e. The van der Waals surface area contributed by atoms with Crippen LogP contribution in [0.1, 0.15) is 37.7 Å². The van der Waals surface area contributed by atoms with Crippen molar-refractivity contribution in [1.29, 1.82) is 0 Å². The van der Waals surface area contributed by atoms with Crippen molar-refractivity contribution in [3.8, 4) is 10.4 Å². The van der Waals surface area contributed by atoms with Gasteiger partial charge in [-0.1, -0.05) is 30.3 Å². The first-order valence-electron chi connectivity index (χ1n) is 10.7. The first-order chi connectivity index (χ1) is 16.2. The van der Waals surface area contributed by atoms with E-state index in [0.29, 0.717) is 6.42 Å². The van der Waals surface area contributed by atoms with Crippen LogP contribution in [-0.2, 0) is 30.4 Å². The number of rotatable bonds is 14. The molecule has 0 radical (unpaired) electrons. The van der Waals surface area contributed by atoms with E-state index in [2.05, 4.69) is 10.6 Å². The molecule has 0 saturated heterocycles. The second kappa shape index (κ2) is 13.1. The first kappa shape index (κ1) is 26.5. The summed E-state index contributed by atoms with van der Waals surface area (Å²) in [5.41, 5.74) is 12.3. The number of hydrogen-bond acceptors (Lipinski definition) is 6. The first-order valence-corrected chi connectivity index (χ1v) is 11.6. The van der Waals surface area contributed by atoms with Gasteiger partial charge in [0.05, 0.1) is 0 Å². The maximum atomic E-state index is 12.6. The molecule has 4 amide bonds. The monoisotopic (exact) mass is 488 g/mol. The Hall–Kier alpha value is -3.73. The number of nitrogens with one attached hydrogen (secondary N) is 2. The summed E-state index contributed by atoms with van der Waals surface area (Å²) in [5, 5.41) is 15.9. The van der Waals surface area contributed by atoms with Crippen LogP contribution in [0.25, 0.3) is 10.4 Å². The SMILES string of the molecule is NC(=O)CC[C@@H](NC(=O)[C@H](CCC(=O)O)NC(=O)CCc1ccc(-c2cccs2)cc1)C(N)=O. The van der Waals surface area contributed by atoms with Crippen molar-refractivity contribution in [2.24, 2.45) is 11.5 Å². The zero-order valence-corrected chi connectivity index (χ0v) is 19.3. The largest absolute Gasteiger partial charge is 0.481 e. The number of nitrogens with two attached hydrogens (primary N) is 2. The number of aryl methyl sites for hydroxylation is 1. The number of carboxylic acids is 1. The molecule has 182 valence electrons. The molecule has 1 aromatic heterocycles. The Bertz CT molecular complexity index is 1010. The van der Waals surface area contributed by atoms with Crippen molar-refractivity contribution in [2.75, 3.05) is 0 Å². The fraction of sp³-hybridized carbons (Fsp3) is 0.348. The van der Waals surface area contributed by atoms with Crippen LogP contribution < -0.4 is 22.1 Å². The summed E-state index contributed by atoms with van der Waals surface area (Å²) in [7, 11) is 0. The third-order valence-electron chi connectivity index (χ3n) is 5.04. The standard InChI is InChI=1S/C23H28N4O6S/c24-19(28)10-8-16(22(25)32)27-23(33)17(9-12-21(30)31)26-20(29)11-5-14-3-6-15(7-4-14)18-2-1-13-34-18/h1-4,6-7,13,16-17H,5,8-12H2,(H2,24,28)(H2,25,32)(H,26,29)(H,27,33)(H,30,31)/t16-,17+/m1/s1. The van der Waals surface area contributed by atoms with Gasteiger partial charge in [-0.3, -0.25) is 24.0 Å². The van der Waals surface area contributed by atoms with Crippen molar-refractivity contribution in [1.82, 2.24) is 10.6 Å². The number of primary amides is 2. The van der Waals surface area contributed by atoms with E-state index >= 15 is 0 Å². The summed E-state index contributed by atoms with van der Waals surface area (Å²) in [5.74, 6) is -3.88. The van der Waals surface area contributed by atoms with Crippen molar-refractivity contribution >= 4 is 40.9 Å². The minimum absolute atomic E-state index is 0.0795. The lowest BCUT2D eigenvalue weighted by atomic mass is 10.0. The summed E-state index contributed by atoms with van der Waals surface area (Å²) in [6.07, 6.45) is -0.319. The minimum Gasteiger partial charge on any atom is -0.481 e. The number of carbonyl (C=O) groups is 5.